The van der Waals surface area contributed by atoms with E-state index in [1.54, 1.807) is 0 Å². The summed E-state index contributed by atoms with van der Waals surface area (Å²) < 4.78 is 13.0. The summed E-state index contributed by atoms with van der Waals surface area (Å²) in [5, 5.41) is 8.75. The van der Waals surface area contributed by atoms with Crippen LogP contribution in [0.15, 0.2) is 102 Å². The van der Waals surface area contributed by atoms with Crippen LogP contribution < -0.4 is 0 Å². The van der Waals surface area contributed by atoms with Crippen LogP contribution in [0, 0.1) is 0 Å². The van der Waals surface area contributed by atoms with Crippen LogP contribution in [0.1, 0.15) is 0 Å². The van der Waals surface area contributed by atoms with Crippen LogP contribution in [0.3, 0.4) is 0 Å². The van der Waals surface area contributed by atoms with Crippen molar-refractivity contribution in [1.82, 2.24) is 11.7 Å². The highest BCUT2D eigenvalue weighted by atomic mass is 127. The number of halogens is 1. The average molecular weight is 561 g/mol. The van der Waals surface area contributed by atoms with E-state index in [2.05, 4.69) is 120 Å². The lowest BCUT2D eigenvalue weighted by Crippen LogP contribution is -1.97. The van der Waals surface area contributed by atoms with Gasteiger partial charge in [0.1, 0.15) is 18.2 Å². The van der Waals surface area contributed by atoms with Gasteiger partial charge in [0.15, 0.2) is 0 Å². The van der Waals surface area contributed by atoms with E-state index in [1.165, 1.54) is 60.0 Å². The van der Waals surface area contributed by atoms with Crippen molar-refractivity contribution < 1.29 is 4.42 Å². The molecule has 0 bridgehead atoms. The first-order valence-electron chi connectivity index (χ1n) is 11.6. The van der Waals surface area contributed by atoms with Crippen molar-refractivity contribution >= 4 is 93.8 Å². The number of fused-ring (bicyclic) bond motifs is 8. The van der Waals surface area contributed by atoms with E-state index < -0.39 is 0 Å². The highest BCUT2D eigenvalue weighted by Crippen LogP contribution is 2.47. The molecule has 0 amide bonds. The minimum absolute atomic E-state index is 1.08. The Hall–Kier alpha value is -3.97. The van der Waals surface area contributed by atoms with Crippen LogP contribution in [0.25, 0.3) is 76.6 Å². The molecule has 0 aliphatic carbocycles. The molecule has 0 spiro atoms. The predicted molar refractivity (Wildman–Crippen MR) is 153 cm³/mol. The molecule has 0 aliphatic rings. The number of nitrogens with zero attached hydrogens (tertiary/aromatic N) is 3. The number of para-hydroxylation sites is 2. The Morgan fingerprint density at radius 3 is 2.23 bits per heavy atom. The first-order valence-corrected chi connectivity index (χ1v) is 12.6. The van der Waals surface area contributed by atoms with E-state index in [0.29, 0.717) is 0 Å². The first-order chi connectivity index (χ1) is 17.3. The molecule has 0 aliphatic heterocycles. The van der Waals surface area contributed by atoms with Gasteiger partial charge in [0.05, 0.1) is 50.4 Å². The summed E-state index contributed by atoms with van der Waals surface area (Å²) in [7, 11) is 0. The minimum atomic E-state index is 1.08. The molecule has 0 fully saturated rings. The quantitative estimate of drug-likeness (QED) is 0.184. The summed E-state index contributed by atoms with van der Waals surface area (Å²) in [6, 6.07) is 30.6. The highest BCUT2D eigenvalue weighted by molar-refractivity contribution is 14.1. The van der Waals surface area contributed by atoms with Gasteiger partial charge in [-0.05, 0) is 41.8 Å². The summed E-state index contributed by atoms with van der Waals surface area (Å²) >= 11 is 2.44. The van der Waals surface area contributed by atoms with Crippen molar-refractivity contribution in [3.05, 3.63) is 97.5 Å². The van der Waals surface area contributed by atoms with Gasteiger partial charge in [0, 0.05) is 38.0 Å². The second kappa shape index (κ2) is 6.17. The Bertz CT molecular complexity index is 2280. The Balaban J connectivity index is 1.74. The van der Waals surface area contributed by atoms with Crippen molar-refractivity contribution in [3.63, 3.8) is 0 Å². The van der Waals surface area contributed by atoms with Crippen LogP contribution >= 0.6 is 22.9 Å². The van der Waals surface area contributed by atoms with Gasteiger partial charge >= 0.3 is 0 Å². The van der Waals surface area contributed by atoms with E-state index >= 15 is 0 Å². The van der Waals surface area contributed by atoms with Gasteiger partial charge < -0.3 is 4.42 Å². The lowest BCUT2D eigenvalue weighted by Gasteiger charge is -2.08. The van der Waals surface area contributed by atoms with Gasteiger partial charge in [-0.25, -0.2) is 0 Å². The molecule has 5 heterocycles. The molecule has 5 heteroatoms. The molecule has 0 radical (unpaired) electrons. The normalized spacial score (nSPS) is 12.7. The number of rotatable bonds is 1. The lowest BCUT2D eigenvalue weighted by molar-refractivity contribution is 0.571. The molecular weight excluding hydrogens is 545 g/mol. The first kappa shape index (κ1) is 18.4. The third-order valence-corrected chi connectivity index (χ3v) is 8.65. The smallest absolute Gasteiger partial charge is 0.131 e. The SMILES string of the molecule is In1c2cccc3c4cocc4n4c5c(ccc1c5c32)c1c2ccccc2n(-c2ccccc2)c14. The van der Waals surface area contributed by atoms with Crippen molar-refractivity contribution in [1.29, 1.82) is 0 Å². The zero-order chi connectivity index (χ0) is 22.8. The standard InChI is InChI=1S/C30H16IN3O/c31-34-23-12-6-10-18-21-15-35-16-25(21)33-29-20(13-14-24(34)28(29)27(18)23)26-19-9-4-5-11-22(19)32(30(26)33)17-7-2-1-3-8-17/h1-16H. The Morgan fingerprint density at radius 1 is 0.543 bits per heavy atom. The maximum absolute atomic E-state index is 5.90. The van der Waals surface area contributed by atoms with Gasteiger partial charge in [-0.2, -0.15) is 0 Å². The van der Waals surface area contributed by atoms with Gasteiger partial charge in [-0.15, -0.1) is 0 Å². The molecule has 4 aromatic carbocycles. The predicted octanol–water partition coefficient (Wildman–Crippen LogP) is 8.68. The van der Waals surface area contributed by atoms with Crippen molar-refractivity contribution in [3.8, 4) is 5.69 Å². The molecule has 5 aromatic heterocycles. The minimum Gasteiger partial charge on any atom is -0.470 e. The third-order valence-electron chi connectivity index (χ3n) is 7.61. The summed E-state index contributed by atoms with van der Waals surface area (Å²) in [6.45, 7) is 0. The molecule has 9 aromatic rings. The Labute approximate surface area is 212 Å². The molecule has 0 unspecified atom stereocenters. The van der Waals surface area contributed by atoms with Crippen LogP contribution in [0.4, 0.5) is 0 Å². The summed E-state index contributed by atoms with van der Waals surface area (Å²) in [6.07, 6.45) is 3.81. The number of furan rings is 1. The Kier molecular flexibility index (Phi) is 3.24. The Morgan fingerprint density at radius 2 is 1.31 bits per heavy atom. The van der Waals surface area contributed by atoms with Crippen LogP contribution in [0.5, 0.6) is 0 Å². The molecular formula is C30H16IN3O. The largest absolute Gasteiger partial charge is 0.470 e. The molecule has 9 rings (SSSR count). The maximum atomic E-state index is 5.90. The molecule has 0 N–H and O–H groups in total. The van der Waals surface area contributed by atoms with Crippen LogP contribution in [0.2, 0.25) is 0 Å². The molecule has 35 heavy (non-hydrogen) atoms. The van der Waals surface area contributed by atoms with E-state index in [-0.39, 0.29) is 0 Å². The van der Waals surface area contributed by atoms with E-state index in [0.717, 1.165) is 16.6 Å². The van der Waals surface area contributed by atoms with Crippen molar-refractivity contribution in [2.45, 2.75) is 0 Å². The molecule has 0 saturated carbocycles. The summed E-state index contributed by atoms with van der Waals surface area (Å²) in [5.74, 6) is 0. The molecule has 164 valence electrons. The fraction of sp³-hybridized carbons (Fsp3) is 0. The monoisotopic (exact) mass is 561 g/mol. The second-order valence-corrected chi connectivity index (χ2v) is 10.2. The van der Waals surface area contributed by atoms with E-state index in [4.69, 9.17) is 4.42 Å². The molecule has 0 atom stereocenters. The average Bonchev–Trinajstić information content (AvgIpc) is 3.63. The van der Waals surface area contributed by atoms with Gasteiger partial charge in [0.25, 0.3) is 0 Å². The zero-order valence-corrected chi connectivity index (χ0v) is 20.5. The van der Waals surface area contributed by atoms with E-state index in [9.17, 15) is 0 Å². The van der Waals surface area contributed by atoms with Crippen LogP contribution in [-0.2, 0) is 0 Å². The fourth-order valence-electron chi connectivity index (χ4n) is 6.29. The van der Waals surface area contributed by atoms with Gasteiger partial charge in [-0.3, -0.25) is 11.7 Å². The maximum Gasteiger partial charge on any atom is 0.131 e. The van der Waals surface area contributed by atoms with Gasteiger partial charge in [0.2, 0.25) is 0 Å². The van der Waals surface area contributed by atoms with Gasteiger partial charge in [-0.1, -0.05) is 48.5 Å². The number of hydrogen-bond acceptors (Lipinski definition) is 1. The number of hydrogen-bond donors (Lipinski definition) is 0. The second-order valence-electron chi connectivity index (χ2n) is 9.23. The zero-order valence-electron chi connectivity index (χ0n) is 18.4. The lowest BCUT2D eigenvalue weighted by atomic mass is 10.0. The third kappa shape index (κ3) is 2.02. The highest BCUT2D eigenvalue weighted by Gasteiger charge is 2.26. The van der Waals surface area contributed by atoms with Crippen molar-refractivity contribution in [2.75, 3.05) is 0 Å². The number of aromatic nitrogens is 3. The van der Waals surface area contributed by atoms with E-state index in [1.807, 2.05) is 12.5 Å². The van der Waals surface area contributed by atoms with Crippen LogP contribution in [-0.4, -0.2) is 11.7 Å². The molecule has 0 saturated heterocycles. The van der Waals surface area contributed by atoms with Crippen molar-refractivity contribution in [2.24, 2.45) is 0 Å². The number of benzene rings is 4. The topological polar surface area (TPSA) is 27.4 Å². The molecule has 4 nitrogen and oxygen atoms in total. The fourth-order valence-corrected chi connectivity index (χ4v) is 7.10. The summed E-state index contributed by atoms with van der Waals surface area (Å²) in [4.78, 5) is 0. The summed E-state index contributed by atoms with van der Waals surface area (Å²) in [5.41, 5.74) is 8.32.